The highest BCUT2D eigenvalue weighted by molar-refractivity contribution is 7.15. The topological polar surface area (TPSA) is 75.9 Å². The van der Waals surface area contributed by atoms with Crippen LogP contribution in [0.3, 0.4) is 0 Å². The molecule has 0 saturated carbocycles. The van der Waals surface area contributed by atoms with E-state index in [9.17, 15) is 18.0 Å². The number of ether oxygens (including phenoxy) is 1. The lowest BCUT2D eigenvalue weighted by Gasteiger charge is -2.16. The Balaban J connectivity index is 1.84. The number of nitrogens with one attached hydrogen (secondary N) is 1. The van der Waals surface area contributed by atoms with Crippen LogP contribution in [0.25, 0.3) is 4.96 Å². The smallest absolute Gasteiger partial charge is 0.418 e. The van der Waals surface area contributed by atoms with Crippen molar-refractivity contribution in [2.75, 3.05) is 18.5 Å². The van der Waals surface area contributed by atoms with Gasteiger partial charge in [-0.15, -0.1) is 11.3 Å². The third-order valence-corrected chi connectivity index (χ3v) is 4.23. The second-order valence-corrected chi connectivity index (χ2v) is 6.15. The van der Waals surface area contributed by atoms with Gasteiger partial charge in [0, 0.05) is 23.3 Å². The minimum Gasteiger partial charge on any atom is -0.491 e. The average molecular weight is 385 g/mol. The number of aromatic nitrogens is 2. The van der Waals surface area contributed by atoms with E-state index in [4.69, 9.17) is 9.84 Å². The van der Waals surface area contributed by atoms with E-state index in [0.29, 0.717) is 10.7 Å². The zero-order chi connectivity index (χ0) is 18.7. The number of aliphatic hydroxyl groups is 1. The first-order chi connectivity index (χ1) is 12.4. The molecule has 0 bridgehead atoms. The predicted molar refractivity (Wildman–Crippen MR) is 90.7 cm³/mol. The monoisotopic (exact) mass is 385 g/mol. The first kappa shape index (κ1) is 18.2. The number of alkyl halides is 3. The normalized spacial score (nSPS) is 11.7. The molecule has 2 aromatic heterocycles. The molecule has 0 amide bonds. The van der Waals surface area contributed by atoms with Gasteiger partial charge in [-0.25, -0.2) is 4.98 Å². The van der Waals surface area contributed by atoms with Crippen LogP contribution in [0.1, 0.15) is 11.3 Å². The lowest BCUT2D eigenvalue weighted by molar-refractivity contribution is -0.137. The molecule has 0 fully saturated rings. The van der Waals surface area contributed by atoms with Crippen LogP contribution in [0.2, 0.25) is 0 Å². The van der Waals surface area contributed by atoms with Crippen molar-refractivity contribution in [1.29, 1.82) is 0 Å². The number of rotatable bonds is 6. The summed E-state index contributed by atoms with van der Waals surface area (Å²) >= 11 is 1.26. The van der Waals surface area contributed by atoms with Gasteiger partial charge < -0.3 is 15.2 Å². The average Bonchev–Trinajstić information content (AvgIpc) is 3.07. The van der Waals surface area contributed by atoms with E-state index in [1.54, 1.807) is 11.6 Å². The van der Waals surface area contributed by atoms with Crippen molar-refractivity contribution < 1.29 is 23.0 Å². The maximum Gasteiger partial charge on any atom is 0.418 e. The van der Waals surface area contributed by atoms with Crippen molar-refractivity contribution >= 4 is 22.0 Å². The van der Waals surface area contributed by atoms with Gasteiger partial charge >= 0.3 is 6.18 Å². The lowest BCUT2D eigenvalue weighted by Crippen LogP contribution is -2.16. The maximum absolute atomic E-state index is 13.3. The number of thiazole rings is 1. The van der Waals surface area contributed by atoms with E-state index in [-0.39, 0.29) is 36.8 Å². The molecule has 26 heavy (non-hydrogen) atoms. The summed E-state index contributed by atoms with van der Waals surface area (Å²) in [5.41, 5.74) is -1.01. The first-order valence-corrected chi connectivity index (χ1v) is 8.41. The highest BCUT2D eigenvalue weighted by Crippen LogP contribution is 2.37. The lowest BCUT2D eigenvalue weighted by atomic mass is 10.1. The van der Waals surface area contributed by atoms with Gasteiger partial charge in [0.1, 0.15) is 12.4 Å². The van der Waals surface area contributed by atoms with Gasteiger partial charge in [-0.05, 0) is 18.2 Å². The molecule has 10 heteroatoms. The number of hydrogen-bond acceptors (Lipinski definition) is 6. The molecule has 0 unspecified atom stereocenters. The van der Waals surface area contributed by atoms with Crippen molar-refractivity contribution in [3.8, 4) is 5.75 Å². The Morgan fingerprint density at radius 1 is 1.31 bits per heavy atom. The highest BCUT2D eigenvalue weighted by Gasteiger charge is 2.34. The van der Waals surface area contributed by atoms with Crippen LogP contribution in [-0.2, 0) is 12.7 Å². The van der Waals surface area contributed by atoms with Crippen LogP contribution in [0.15, 0.2) is 40.6 Å². The molecule has 1 aromatic carbocycles. The Labute approximate surface area is 149 Å². The summed E-state index contributed by atoms with van der Waals surface area (Å²) in [7, 11) is 0. The molecular weight excluding hydrogens is 371 g/mol. The van der Waals surface area contributed by atoms with E-state index in [1.807, 2.05) is 0 Å². The maximum atomic E-state index is 13.3. The fourth-order valence-electron chi connectivity index (χ4n) is 2.33. The molecule has 0 aliphatic heterocycles. The Morgan fingerprint density at radius 3 is 2.85 bits per heavy atom. The van der Waals surface area contributed by atoms with E-state index < -0.39 is 11.7 Å². The fraction of sp³-hybridized carbons (Fsp3) is 0.250. The summed E-state index contributed by atoms with van der Waals surface area (Å²) in [5, 5.41) is 13.1. The molecule has 0 aliphatic carbocycles. The number of anilines is 1. The van der Waals surface area contributed by atoms with Crippen LogP contribution in [-0.4, -0.2) is 27.7 Å². The first-order valence-electron chi connectivity index (χ1n) is 7.53. The van der Waals surface area contributed by atoms with Crippen molar-refractivity contribution in [2.45, 2.75) is 12.7 Å². The van der Waals surface area contributed by atoms with E-state index in [2.05, 4.69) is 10.3 Å². The summed E-state index contributed by atoms with van der Waals surface area (Å²) in [6.07, 6.45) is -3.01. The second-order valence-electron chi connectivity index (χ2n) is 5.27. The third kappa shape index (κ3) is 3.97. The molecule has 0 radical (unpaired) electrons. The Bertz CT molecular complexity index is 969. The van der Waals surface area contributed by atoms with Crippen LogP contribution < -0.4 is 15.6 Å². The van der Waals surface area contributed by atoms with Gasteiger partial charge in [0.05, 0.1) is 24.4 Å². The molecule has 2 N–H and O–H groups in total. The number of fused-ring (bicyclic) bond motifs is 1. The molecule has 2 heterocycles. The molecule has 0 spiro atoms. The Kier molecular flexibility index (Phi) is 5.14. The van der Waals surface area contributed by atoms with Crippen LogP contribution >= 0.6 is 11.3 Å². The van der Waals surface area contributed by atoms with Crippen molar-refractivity contribution in [3.05, 3.63) is 57.5 Å². The fourth-order valence-corrected chi connectivity index (χ4v) is 3.07. The van der Waals surface area contributed by atoms with Crippen LogP contribution in [0.4, 0.5) is 18.9 Å². The summed E-state index contributed by atoms with van der Waals surface area (Å²) in [5.74, 6) is 0.00768. The molecular formula is C16H14F3N3O3S. The molecule has 0 saturated heterocycles. The zero-order valence-electron chi connectivity index (χ0n) is 13.3. The molecule has 3 rings (SSSR count). The van der Waals surface area contributed by atoms with Crippen molar-refractivity contribution in [2.24, 2.45) is 0 Å². The molecule has 3 aromatic rings. The van der Waals surface area contributed by atoms with Gasteiger partial charge in [-0.3, -0.25) is 9.20 Å². The SMILES string of the molecule is O=c1cc(CNc2ccc(OCCO)cc2C(F)(F)F)nc2sccn12. The summed E-state index contributed by atoms with van der Waals surface area (Å²) in [4.78, 5) is 16.6. The molecule has 0 aliphatic rings. The number of halogens is 3. The molecule has 0 atom stereocenters. The molecule has 138 valence electrons. The predicted octanol–water partition coefficient (Wildman–Crippen LogP) is 2.76. The minimum atomic E-state index is -4.59. The van der Waals surface area contributed by atoms with Gasteiger partial charge in [0.25, 0.3) is 5.56 Å². The largest absolute Gasteiger partial charge is 0.491 e. The Hall–Kier alpha value is -2.59. The van der Waals surface area contributed by atoms with Gasteiger partial charge in [-0.1, -0.05) is 0 Å². The highest BCUT2D eigenvalue weighted by atomic mass is 32.1. The second kappa shape index (κ2) is 7.34. The summed E-state index contributed by atoms with van der Waals surface area (Å²) in [6.45, 7) is -0.434. The van der Waals surface area contributed by atoms with Gasteiger partial charge in [0.2, 0.25) is 0 Å². The quantitative estimate of drug-likeness (QED) is 0.683. The zero-order valence-corrected chi connectivity index (χ0v) is 14.1. The van der Waals surface area contributed by atoms with Crippen LogP contribution in [0, 0.1) is 0 Å². The minimum absolute atomic E-state index is 0.00768. The van der Waals surface area contributed by atoms with Gasteiger partial charge in [-0.2, -0.15) is 13.2 Å². The van der Waals surface area contributed by atoms with E-state index in [1.165, 1.54) is 33.9 Å². The van der Waals surface area contributed by atoms with Crippen molar-refractivity contribution in [1.82, 2.24) is 9.38 Å². The number of nitrogens with zero attached hydrogens (tertiary/aromatic N) is 2. The number of aliphatic hydroxyl groups excluding tert-OH is 1. The Morgan fingerprint density at radius 2 is 2.12 bits per heavy atom. The summed E-state index contributed by atoms with van der Waals surface area (Å²) in [6, 6.07) is 4.76. The standard InChI is InChI=1S/C16H14F3N3O3S/c17-16(18,19)12-8-11(25-5-4-23)1-2-13(12)20-9-10-7-14(24)22-3-6-26-15(22)21-10/h1-3,6-8,20,23H,4-5,9H2. The third-order valence-electron chi connectivity index (χ3n) is 3.47. The van der Waals surface area contributed by atoms with Crippen molar-refractivity contribution in [3.63, 3.8) is 0 Å². The van der Waals surface area contributed by atoms with Crippen LogP contribution in [0.5, 0.6) is 5.75 Å². The van der Waals surface area contributed by atoms with E-state index in [0.717, 1.165) is 6.07 Å². The van der Waals surface area contributed by atoms with Gasteiger partial charge in [0.15, 0.2) is 4.96 Å². The summed E-state index contributed by atoms with van der Waals surface area (Å²) < 4.78 is 46.3. The number of hydrogen-bond donors (Lipinski definition) is 2. The van der Waals surface area contributed by atoms with E-state index >= 15 is 0 Å². The number of benzene rings is 1. The molecule has 6 nitrogen and oxygen atoms in total.